The fourth-order valence-corrected chi connectivity index (χ4v) is 0.546. The second kappa shape index (κ2) is 8.36. The zero-order chi connectivity index (χ0) is 8.69. The number of rotatable bonds is 1. The van der Waals surface area contributed by atoms with Gasteiger partial charge in [-0.25, -0.2) is 0 Å². The first kappa shape index (κ1) is 13.8. The van der Waals surface area contributed by atoms with Crippen molar-refractivity contribution in [1.29, 1.82) is 0 Å². The molecule has 5 heteroatoms. The van der Waals surface area contributed by atoms with Crippen LogP contribution in [0.5, 0.6) is 0 Å². The molecule has 0 aliphatic heterocycles. The fraction of sp³-hybridized carbons (Fsp3) is 0.571. The molecule has 0 unspecified atom stereocenters. The number of aliphatic hydroxyl groups is 1. The predicted octanol–water partition coefficient (Wildman–Crippen LogP) is 1.03. The monoisotopic (exact) mass is 191 g/mol. The molecular formula is C7H14ClN3O. The van der Waals surface area contributed by atoms with Crippen molar-refractivity contribution in [1.82, 2.24) is 15.4 Å². The molecule has 0 aliphatic carbocycles. The summed E-state index contributed by atoms with van der Waals surface area (Å²) in [6, 6.07) is 0. The van der Waals surface area contributed by atoms with Gasteiger partial charge in [-0.1, -0.05) is 13.8 Å². The van der Waals surface area contributed by atoms with Crippen molar-refractivity contribution in [3.63, 3.8) is 0 Å². The van der Waals surface area contributed by atoms with E-state index < -0.39 is 0 Å². The maximum Gasteiger partial charge on any atom is 0.0564 e. The van der Waals surface area contributed by atoms with E-state index in [1.165, 1.54) is 0 Å². The summed E-state index contributed by atoms with van der Waals surface area (Å²) in [5.74, 6) is 0.494. The van der Waals surface area contributed by atoms with Crippen LogP contribution < -0.4 is 0 Å². The van der Waals surface area contributed by atoms with E-state index in [0.717, 1.165) is 12.7 Å². The van der Waals surface area contributed by atoms with E-state index >= 15 is 0 Å². The quantitative estimate of drug-likeness (QED) is 0.720. The zero-order valence-corrected chi connectivity index (χ0v) is 8.25. The summed E-state index contributed by atoms with van der Waals surface area (Å²) in [5, 5.41) is 17.7. The van der Waals surface area contributed by atoms with Crippen LogP contribution in [0.2, 0.25) is 0 Å². The first-order valence-corrected chi connectivity index (χ1v) is 3.38. The van der Waals surface area contributed by atoms with Crippen LogP contribution in [0, 0.1) is 0 Å². The van der Waals surface area contributed by atoms with Crippen molar-refractivity contribution in [2.24, 2.45) is 0 Å². The van der Waals surface area contributed by atoms with E-state index in [4.69, 9.17) is 5.11 Å². The van der Waals surface area contributed by atoms with Gasteiger partial charge in [-0.2, -0.15) is 0 Å². The highest BCUT2D eigenvalue weighted by molar-refractivity contribution is 5.85. The molecule has 0 saturated carbocycles. The van der Waals surface area contributed by atoms with E-state index in [9.17, 15) is 0 Å². The van der Waals surface area contributed by atoms with E-state index in [-0.39, 0.29) is 12.4 Å². The number of halogens is 1. The van der Waals surface area contributed by atoms with Gasteiger partial charge in [0.25, 0.3) is 0 Å². The molecule has 0 atom stereocenters. The van der Waals surface area contributed by atoms with Crippen molar-refractivity contribution in [3.05, 3.63) is 18.0 Å². The Kier molecular flexibility index (Phi) is 9.63. The van der Waals surface area contributed by atoms with Gasteiger partial charge in [0.2, 0.25) is 0 Å². The minimum absolute atomic E-state index is 0. The standard InChI is InChI=1S/C6H9N3.CH4O.ClH/c1-5(2)6-3-7-9-8-4-6;1-2;/h3-5H,1-2H3;2H,1H3;1H. The highest BCUT2D eigenvalue weighted by Crippen LogP contribution is 2.08. The van der Waals surface area contributed by atoms with Crippen LogP contribution in [0.3, 0.4) is 0 Å². The lowest BCUT2D eigenvalue weighted by Crippen LogP contribution is -1.92. The van der Waals surface area contributed by atoms with Crippen LogP contribution in [0.25, 0.3) is 0 Å². The molecule has 0 spiro atoms. The van der Waals surface area contributed by atoms with Gasteiger partial charge >= 0.3 is 0 Å². The van der Waals surface area contributed by atoms with Crippen LogP contribution in [0.1, 0.15) is 25.3 Å². The molecule has 1 rings (SSSR count). The summed E-state index contributed by atoms with van der Waals surface area (Å²) in [7, 11) is 1.00. The largest absolute Gasteiger partial charge is 0.400 e. The van der Waals surface area contributed by atoms with Gasteiger partial charge in [-0.05, 0) is 16.7 Å². The summed E-state index contributed by atoms with van der Waals surface area (Å²) in [6.07, 6.45) is 3.47. The third kappa shape index (κ3) is 4.98. The Morgan fingerprint density at radius 1 is 1.17 bits per heavy atom. The van der Waals surface area contributed by atoms with Gasteiger partial charge in [0.15, 0.2) is 0 Å². The van der Waals surface area contributed by atoms with Gasteiger partial charge in [0.05, 0.1) is 12.4 Å². The van der Waals surface area contributed by atoms with Crippen molar-refractivity contribution in [2.75, 3.05) is 7.11 Å². The van der Waals surface area contributed by atoms with Gasteiger partial charge < -0.3 is 5.11 Å². The Labute approximate surface area is 78.4 Å². The Balaban J connectivity index is 0. The van der Waals surface area contributed by atoms with Crippen LogP contribution in [-0.2, 0) is 0 Å². The van der Waals surface area contributed by atoms with Crippen LogP contribution in [-0.4, -0.2) is 27.6 Å². The lowest BCUT2D eigenvalue weighted by atomic mass is 10.1. The minimum Gasteiger partial charge on any atom is -0.400 e. The van der Waals surface area contributed by atoms with Crippen molar-refractivity contribution >= 4 is 12.4 Å². The Morgan fingerprint density at radius 2 is 1.58 bits per heavy atom. The molecule has 70 valence electrons. The van der Waals surface area contributed by atoms with E-state index in [2.05, 4.69) is 29.3 Å². The Hall–Kier alpha value is -0.740. The molecule has 0 aromatic carbocycles. The van der Waals surface area contributed by atoms with Crippen LogP contribution in [0.4, 0.5) is 0 Å². The van der Waals surface area contributed by atoms with Crippen molar-refractivity contribution in [2.45, 2.75) is 19.8 Å². The first-order chi connectivity index (χ1) is 5.30. The SMILES string of the molecule is CC(C)c1cnnnc1.CO.Cl. The molecule has 0 fully saturated rings. The van der Waals surface area contributed by atoms with Gasteiger partial charge in [-0.15, -0.1) is 22.6 Å². The molecule has 1 aromatic heterocycles. The smallest absolute Gasteiger partial charge is 0.0564 e. The first-order valence-electron chi connectivity index (χ1n) is 3.38. The summed E-state index contributed by atoms with van der Waals surface area (Å²) in [4.78, 5) is 0. The molecular weight excluding hydrogens is 178 g/mol. The summed E-state index contributed by atoms with van der Waals surface area (Å²) >= 11 is 0. The topological polar surface area (TPSA) is 58.9 Å². The lowest BCUT2D eigenvalue weighted by Gasteiger charge is -1.99. The molecule has 1 heterocycles. The maximum absolute atomic E-state index is 7.00. The molecule has 0 radical (unpaired) electrons. The second-order valence-corrected chi connectivity index (χ2v) is 2.23. The molecule has 0 aliphatic rings. The third-order valence-electron chi connectivity index (χ3n) is 1.18. The fourth-order valence-electron chi connectivity index (χ4n) is 0.546. The third-order valence-corrected chi connectivity index (χ3v) is 1.18. The van der Waals surface area contributed by atoms with Gasteiger partial charge in [0.1, 0.15) is 0 Å². The van der Waals surface area contributed by atoms with Gasteiger partial charge in [-0.3, -0.25) is 0 Å². The van der Waals surface area contributed by atoms with E-state index in [1.807, 2.05) is 0 Å². The Morgan fingerprint density at radius 3 is 1.83 bits per heavy atom. The molecule has 1 N–H and O–H groups in total. The van der Waals surface area contributed by atoms with Crippen LogP contribution >= 0.6 is 12.4 Å². The molecule has 12 heavy (non-hydrogen) atoms. The molecule has 0 saturated heterocycles. The average Bonchev–Trinajstić information content (AvgIpc) is 2.10. The Bertz CT molecular complexity index is 181. The average molecular weight is 192 g/mol. The van der Waals surface area contributed by atoms with Crippen molar-refractivity contribution in [3.8, 4) is 0 Å². The number of hydrogen-bond acceptors (Lipinski definition) is 4. The highest BCUT2D eigenvalue weighted by Gasteiger charge is 1.96. The van der Waals surface area contributed by atoms with Crippen molar-refractivity contribution < 1.29 is 5.11 Å². The van der Waals surface area contributed by atoms with E-state index in [0.29, 0.717) is 5.92 Å². The molecule has 1 aromatic rings. The summed E-state index contributed by atoms with van der Waals surface area (Å²) < 4.78 is 0. The molecule has 0 bridgehead atoms. The van der Waals surface area contributed by atoms with E-state index in [1.54, 1.807) is 12.4 Å². The lowest BCUT2D eigenvalue weighted by molar-refractivity contribution is 0.399. The predicted molar refractivity (Wildman–Crippen MR) is 49.3 cm³/mol. The normalized spacial score (nSPS) is 8.08. The number of aromatic nitrogens is 3. The number of nitrogens with zero attached hydrogens (tertiary/aromatic N) is 3. The minimum atomic E-state index is 0. The summed E-state index contributed by atoms with van der Waals surface area (Å²) in [6.45, 7) is 4.19. The number of hydrogen-bond donors (Lipinski definition) is 1. The van der Waals surface area contributed by atoms with Crippen LogP contribution in [0.15, 0.2) is 12.4 Å². The molecule has 4 nitrogen and oxygen atoms in total. The highest BCUT2D eigenvalue weighted by atomic mass is 35.5. The summed E-state index contributed by atoms with van der Waals surface area (Å²) in [5.41, 5.74) is 1.13. The van der Waals surface area contributed by atoms with Gasteiger partial charge in [0, 0.05) is 7.11 Å². The second-order valence-electron chi connectivity index (χ2n) is 2.23. The molecule has 0 amide bonds. The number of aliphatic hydroxyl groups excluding tert-OH is 1. The zero-order valence-electron chi connectivity index (χ0n) is 7.43. The maximum atomic E-state index is 7.00.